The van der Waals surface area contributed by atoms with Crippen molar-refractivity contribution in [2.45, 2.75) is 20.8 Å². The Labute approximate surface area is 172 Å². The highest BCUT2D eigenvalue weighted by Gasteiger charge is 2.12. The molecule has 1 heterocycles. The number of anilines is 1. The topological polar surface area (TPSA) is 51.2 Å². The highest BCUT2D eigenvalue weighted by Crippen LogP contribution is 2.32. The van der Waals surface area contributed by atoms with Crippen LogP contribution in [0.2, 0.25) is 10.0 Å². The number of thiazole rings is 1. The summed E-state index contributed by atoms with van der Waals surface area (Å²) in [4.78, 5) is 16.6. The molecule has 0 saturated heterocycles. The zero-order valence-electron chi connectivity index (χ0n) is 15.1. The van der Waals surface area contributed by atoms with Crippen LogP contribution in [0.1, 0.15) is 16.7 Å². The van der Waals surface area contributed by atoms with Crippen molar-refractivity contribution in [1.82, 2.24) is 4.98 Å². The predicted molar refractivity (Wildman–Crippen MR) is 112 cm³/mol. The highest BCUT2D eigenvalue weighted by molar-refractivity contribution is 7.14. The number of nitrogens with zero attached hydrogens (tertiary/aromatic N) is 1. The molecule has 2 aromatic carbocycles. The van der Waals surface area contributed by atoms with Crippen molar-refractivity contribution < 1.29 is 9.53 Å². The molecule has 1 amide bonds. The summed E-state index contributed by atoms with van der Waals surface area (Å²) in [6.45, 7) is 5.91. The number of carbonyl (C=O) groups is 1. The Morgan fingerprint density at radius 3 is 2.70 bits per heavy atom. The molecule has 27 heavy (non-hydrogen) atoms. The van der Waals surface area contributed by atoms with E-state index in [4.69, 9.17) is 27.9 Å². The quantitative estimate of drug-likeness (QED) is 0.545. The summed E-state index contributed by atoms with van der Waals surface area (Å²) in [5.41, 5.74) is 4.71. The average Bonchev–Trinajstić information content (AvgIpc) is 3.04. The number of rotatable bonds is 5. The maximum absolute atomic E-state index is 12.2. The lowest BCUT2D eigenvalue weighted by Crippen LogP contribution is -2.20. The molecule has 140 valence electrons. The molecule has 7 heteroatoms. The average molecular weight is 421 g/mol. The molecule has 0 atom stereocenters. The highest BCUT2D eigenvalue weighted by atomic mass is 35.5. The third-order valence-corrected chi connectivity index (χ3v) is 5.39. The number of hydrogen-bond acceptors (Lipinski definition) is 4. The van der Waals surface area contributed by atoms with E-state index in [2.05, 4.69) is 16.4 Å². The molecule has 0 bridgehead atoms. The van der Waals surface area contributed by atoms with Gasteiger partial charge in [-0.05, 0) is 61.7 Å². The standard InChI is InChI=1S/C20H18Cl2N2O2S/c1-11-6-12(2)13(3)18(7-11)26-9-19(25)24-20-23-17(10-27-20)15-5-4-14(21)8-16(15)22/h4-8,10H,9H2,1-3H3,(H,23,24,25). The van der Waals surface area contributed by atoms with Crippen LogP contribution in [-0.2, 0) is 4.79 Å². The third-order valence-electron chi connectivity index (χ3n) is 4.08. The molecule has 0 saturated carbocycles. The minimum absolute atomic E-state index is 0.0830. The summed E-state index contributed by atoms with van der Waals surface area (Å²) in [5.74, 6) is 0.451. The maximum Gasteiger partial charge on any atom is 0.264 e. The van der Waals surface area contributed by atoms with E-state index < -0.39 is 0 Å². The van der Waals surface area contributed by atoms with Crippen LogP contribution in [0.3, 0.4) is 0 Å². The van der Waals surface area contributed by atoms with Gasteiger partial charge < -0.3 is 4.74 Å². The monoisotopic (exact) mass is 420 g/mol. The lowest BCUT2D eigenvalue weighted by atomic mass is 10.1. The first-order valence-electron chi connectivity index (χ1n) is 8.25. The first kappa shape index (κ1) is 19.7. The molecule has 1 aromatic heterocycles. The lowest BCUT2D eigenvalue weighted by Gasteiger charge is -2.11. The van der Waals surface area contributed by atoms with Crippen molar-refractivity contribution in [2.24, 2.45) is 0 Å². The van der Waals surface area contributed by atoms with Crippen molar-refractivity contribution in [2.75, 3.05) is 11.9 Å². The van der Waals surface area contributed by atoms with Crippen LogP contribution in [0.25, 0.3) is 11.3 Å². The fraction of sp³-hybridized carbons (Fsp3) is 0.200. The van der Waals surface area contributed by atoms with Gasteiger partial charge in [0, 0.05) is 16.0 Å². The smallest absolute Gasteiger partial charge is 0.264 e. The molecular weight excluding hydrogens is 403 g/mol. The van der Waals surface area contributed by atoms with Crippen molar-refractivity contribution in [3.05, 3.63) is 62.4 Å². The Morgan fingerprint density at radius 2 is 1.96 bits per heavy atom. The van der Waals surface area contributed by atoms with Crippen molar-refractivity contribution >= 4 is 45.6 Å². The number of aryl methyl sites for hydroxylation is 2. The van der Waals surface area contributed by atoms with Crippen LogP contribution in [0.4, 0.5) is 5.13 Å². The number of ether oxygens (including phenoxy) is 1. The number of aromatic nitrogens is 1. The number of amides is 1. The van der Waals surface area contributed by atoms with Crippen LogP contribution in [-0.4, -0.2) is 17.5 Å². The van der Waals surface area contributed by atoms with Gasteiger partial charge in [-0.15, -0.1) is 11.3 Å². The lowest BCUT2D eigenvalue weighted by molar-refractivity contribution is -0.118. The van der Waals surface area contributed by atoms with Crippen LogP contribution in [0, 0.1) is 20.8 Å². The summed E-state index contributed by atoms with van der Waals surface area (Å²) in [5, 5.41) is 6.15. The third kappa shape index (κ3) is 4.80. The summed E-state index contributed by atoms with van der Waals surface area (Å²) in [6.07, 6.45) is 0. The van der Waals surface area contributed by atoms with Gasteiger partial charge in [-0.1, -0.05) is 29.3 Å². The largest absolute Gasteiger partial charge is 0.483 e. The molecule has 0 aliphatic rings. The molecule has 0 fully saturated rings. The molecule has 0 unspecified atom stereocenters. The summed E-state index contributed by atoms with van der Waals surface area (Å²) >= 11 is 13.5. The van der Waals surface area contributed by atoms with Gasteiger partial charge in [0.15, 0.2) is 11.7 Å². The van der Waals surface area contributed by atoms with Crippen molar-refractivity contribution in [3.63, 3.8) is 0 Å². The minimum Gasteiger partial charge on any atom is -0.483 e. The Hall–Kier alpha value is -2.08. The number of benzene rings is 2. The normalized spacial score (nSPS) is 10.7. The molecule has 3 aromatic rings. The maximum atomic E-state index is 12.2. The van der Waals surface area contributed by atoms with Gasteiger partial charge >= 0.3 is 0 Å². The first-order valence-corrected chi connectivity index (χ1v) is 9.88. The Bertz CT molecular complexity index is 1000. The zero-order valence-corrected chi connectivity index (χ0v) is 17.4. The van der Waals surface area contributed by atoms with E-state index in [-0.39, 0.29) is 12.5 Å². The van der Waals surface area contributed by atoms with Gasteiger partial charge in [-0.25, -0.2) is 4.98 Å². The van der Waals surface area contributed by atoms with Crippen LogP contribution >= 0.6 is 34.5 Å². The molecule has 3 rings (SSSR count). The molecular formula is C20H18Cl2N2O2S. The SMILES string of the molecule is Cc1cc(C)c(C)c(OCC(=O)Nc2nc(-c3ccc(Cl)cc3Cl)cs2)c1. The molecule has 0 spiro atoms. The number of carbonyl (C=O) groups excluding carboxylic acids is 1. The van der Waals surface area contributed by atoms with E-state index in [0.717, 1.165) is 28.0 Å². The van der Waals surface area contributed by atoms with Gasteiger partial charge in [0.25, 0.3) is 5.91 Å². The number of hydrogen-bond donors (Lipinski definition) is 1. The van der Waals surface area contributed by atoms with Crippen LogP contribution in [0.15, 0.2) is 35.7 Å². The molecule has 1 N–H and O–H groups in total. The molecule has 0 aliphatic heterocycles. The van der Waals surface area contributed by atoms with Crippen LogP contribution < -0.4 is 10.1 Å². The van der Waals surface area contributed by atoms with Gasteiger partial charge in [-0.2, -0.15) is 0 Å². The second kappa shape index (κ2) is 8.30. The van der Waals surface area contributed by atoms with Crippen molar-refractivity contribution in [3.8, 4) is 17.0 Å². The van der Waals surface area contributed by atoms with Crippen molar-refractivity contribution in [1.29, 1.82) is 0 Å². The zero-order chi connectivity index (χ0) is 19.6. The minimum atomic E-state index is -0.267. The molecule has 4 nitrogen and oxygen atoms in total. The van der Waals surface area contributed by atoms with Gasteiger partial charge in [-0.3, -0.25) is 10.1 Å². The molecule has 0 radical (unpaired) electrons. The van der Waals surface area contributed by atoms with E-state index in [0.29, 0.717) is 20.9 Å². The fourth-order valence-corrected chi connectivity index (χ4v) is 3.83. The Balaban J connectivity index is 1.65. The summed E-state index contributed by atoms with van der Waals surface area (Å²) in [7, 11) is 0. The van der Waals surface area contributed by atoms with Crippen LogP contribution in [0.5, 0.6) is 5.75 Å². The van der Waals surface area contributed by atoms with E-state index in [1.807, 2.05) is 32.2 Å². The van der Waals surface area contributed by atoms with Gasteiger partial charge in [0.1, 0.15) is 5.75 Å². The van der Waals surface area contributed by atoms with Gasteiger partial charge in [0.05, 0.1) is 10.7 Å². The summed E-state index contributed by atoms with van der Waals surface area (Å²) < 4.78 is 5.69. The Kier molecular flexibility index (Phi) is 6.05. The fourth-order valence-electron chi connectivity index (χ4n) is 2.60. The predicted octanol–water partition coefficient (Wildman–Crippen LogP) is 6.06. The second-order valence-corrected chi connectivity index (χ2v) is 7.91. The van der Waals surface area contributed by atoms with E-state index in [1.54, 1.807) is 18.2 Å². The first-order chi connectivity index (χ1) is 12.8. The Morgan fingerprint density at radius 1 is 1.19 bits per heavy atom. The van der Waals surface area contributed by atoms with Gasteiger partial charge in [0.2, 0.25) is 0 Å². The van der Waals surface area contributed by atoms with E-state index in [9.17, 15) is 4.79 Å². The number of nitrogens with one attached hydrogen (secondary N) is 1. The summed E-state index contributed by atoms with van der Waals surface area (Å²) in [6, 6.07) is 9.23. The molecule has 0 aliphatic carbocycles. The second-order valence-electron chi connectivity index (χ2n) is 6.20. The number of halogens is 2. The van der Waals surface area contributed by atoms with E-state index >= 15 is 0 Å². The van der Waals surface area contributed by atoms with E-state index in [1.165, 1.54) is 11.3 Å².